The first-order valence-electron chi connectivity index (χ1n) is 7.53. The van der Waals surface area contributed by atoms with Crippen LogP contribution in [0.25, 0.3) is 0 Å². The van der Waals surface area contributed by atoms with Crippen LogP contribution in [-0.4, -0.2) is 0 Å². The quantitative estimate of drug-likeness (QED) is 0.688. The minimum atomic E-state index is -0.124. The number of hydrogen-bond donors (Lipinski definition) is 0. The monoisotopic (exact) mass is 393 g/mol. The Hall–Kier alpha value is -0.830. The van der Waals surface area contributed by atoms with Crippen molar-refractivity contribution >= 4 is 0 Å². The van der Waals surface area contributed by atoms with Crippen molar-refractivity contribution in [2.24, 2.45) is 0 Å². The zero-order valence-electron chi connectivity index (χ0n) is 14.0. The van der Waals surface area contributed by atoms with Crippen molar-refractivity contribution in [1.82, 2.24) is 0 Å². The molecule has 2 aromatic carbocycles. The molecule has 0 saturated carbocycles. The van der Waals surface area contributed by atoms with Crippen LogP contribution in [0.1, 0.15) is 52.7 Å². The highest BCUT2D eigenvalue weighted by Gasteiger charge is 2.33. The van der Waals surface area contributed by atoms with Gasteiger partial charge in [-0.2, -0.15) is 0 Å². The van der Waals surface area contributed by atoms with Gasteiger partial charge in [0, 0.05) is 5.56 Å². The maximum atomic E-state index is 2.34. The van der Waals surface area contributed by atoms with Gasteiger partial charge in [0.25, 0.3) is 0 Å². The molecule has 0 N–H and O–H groups in total. The fourth-order valence-electron chi connectivity index (χ4n) is 2.59. The van der Waals surface area contributed by atoms with E-state index in [1.54, 1.807) is 9.13 Å². The average molecular weight is 393 g/mol. The smallest absolute Gasteiger partial charge is 0.0619 e. The van der Waals surface area contributed by atoms with Crippen LogP contribution in [-0.2, 0) is 10.8 Å². The van der Waals surface area contributed by atoms with Crippen LogP contribution in [0.3, 0.4) is 0 Å². The highest BCUT2D eigenvalue weighted by molar-refractivity contribution is 5.37. The van der Waals surface area contributed by atoms with Gasteiger partial charge in [-0.15, -0.1) is 0 Å². The Balaban J connectivity index is 2.56. The van der Waals surface area contributed by atoms with Crippen LogP contribution in [0.2, 0.25) is 0 Å². The van der Waals surface area contributed by atoms with Crippen molar-refractivity contribution in [1.29, 1.82) is 0 Å². The topological polar surface area (TPSA) is 0 Å². The van der Waals surface area contributed by atoms with Gasteiger partial charge >= 0.3 is 21.2 Å². The van der Waals surface area contributed by atoms with E-state index in [9.17, 15) is 0 Å². The standard InChI is InChI=1S/C20H26I/c1-19(2,3)16-13-10-14-17(18(16)20(4,5)6)21-15-11-8-7-9-12-15/h7-14H,1-6H3/q+1. The Morgan fingerprint density at radius 2 is 1.29 bits per heavy atom. The first-order chi connectivity index (χ1) is 9.69. The highest BCUT2D eigenvalue weighted by atomic mass is 127. The molecule has 0 amide bonds. The van der Waals surface area contributed by atoms with Gasteiger partial charge in [-0.05, 0) is 34.6 Å². The summed E-state index contributed by atoms with van der Waals surface area (Å²) in [5, 5.41) is 0. The average Bonchev–Trinajstić information content (AvgIpc) is 2.37. The van der Waals surface area contributed by atoms with Crippen molar-refractivity contribution in [2.45, 2.75) is 52.4 Å². The van der Waals surface area contributed by atoms with Crippen LogP contribution in [0.5, 0.6) is 0 Å². The molecule has 0 unspecified atom stereocenters. The third-order valence-electron chi connectivity index (χ3n) is 3.52. The predicted octanol–water partition coefficient (Wildman–Crippen LogP) is 2.41. The van der Waals surface area contributed by atoms with Crippen molar-refractivity contribution in [3.8, 4) is 0 Å². The Morgan fingerprint density at radius 3 is 1.81 bits per heavy atom. The van der Waals surface area contributed by atoms with E-state index in [4.69, 9.17) is 0 Å². The maximum Gasteiger partial charge on any atom is 0.358 e. The number of halogens is 1. The second-order valence-electron chi connectivity index (χ2n) is 7.55. The van der Waals surface area contributed by atoms with E-state index in [0.29, 0.717) is 0 Å². The summed E-state index contributed by atoms with van der Waals surface area (Å²) in [6.07, 6.45) is 0. The molecule has 0 aliphatic heterocycles. The lowest BCUT2D eigenvalue weighted by Crippen LogP contribution is -3.61. The van der Waals surface area contributed by atoms with E-state index in [2.05, 4.69) is 90.1 Å². The van der Waals surface area contributed by atoms with Gasteiger partial charge in [-0.25, -0.2) is 0 Å². The molecule has 21 heavy (non-hydrogen) atoms. The molecule has 1 heteroatoms. The van der Waals surface area contributed by atoms with Gasteiger partial charge in [0.2, 0.25) is 0 Å². The van der Waals surface area contributed by atoms with Gasteiger partial charge in [-0.3, -0.25) is 0 Å². The molecular weight excluding hydrogens is 367 g/mol. The van der Waals surface area contributed by atoms with E-state index < -0.39 is 0 Å². The fourth-order valence-corrected chi connectivity index (χ4v) is 5.79. The molecule has 0 fully saturated rings. The molecule has 2 aromatic rings. The Kier molecular flexibility index (Phi) is 4.82. The van der Waals surface area contributed by atoms with Crippen molar-refractivity contribution in [3.05, 3.63) is 66.8 Å². The minimum Gasteiger partial charge on any atom is -0.0619 e. The van der Waals surface area contributed by atoms with Crippen molar-refractivity contribution < 1.29 is 21.2 Å². The van der Waals surface area contributed by atoms with E-state index in [1.807, 2.05) is 0 Å². The molecule has 0 saturated heterocycles. The summed E-state index contributed by atoms with van der Waals surface area (Å²) < 4.78 is 3.06. The van der Waals surface area contributed by atoms with E-state index in [-0.39, 0.29) is 32.0 Å². The van der Waals surface area contributed by atoms with Gasteiger partial charge < -0.3 is 0 Å². The van der Waals surface area contributed by atoms with E-state index in [1.165, 1.54) is 9.13 Å². The maximum absolute atomic E-state index is 2.34. The summed E-state index contributed by atoms with van der Waals surface area (Å²) in [6, 6.07) is 17.8. The molecule has 0 bridgehead atoms. The molecule has 0 radical (unpaired) electrons. The minimum absolute atomic E-state index is 0.124. The molecule has 2 rings (SSSR count). The summed E-state index contributed by atoms with van der Waals surface area (Å²) in [6.45, 7) is 14.0. The number of benzene rings is 2. The summed E-state index contributed by atoms with van der Waals surface area (Å²) in [7, 11) is 0. The molecular formula is C20H26I+. The lowest BCUT2D eigenvalue weighted by Gasteiger charge is -2.29. The van der Waals surface area contributed by atoms with Gasteiger partial charge in [0.05, 0.1) is 0 Å². The van der Waals surface area contributed by atoms with Crippen LogP contribution in [0.4, 0.5) is 0 Å². The van der Waals surface area contributed by atoms with Crippen LogP contribution < -0.4 is 21.2 Å². The first-order valence-corrected chi connectivity index (χ1v) is 9.69. The zero-order chi connectivity index (χ0) is 15.7. The molecule has 0 spiro atoms. The van der Waals surface area contributed by atoms with Gasteiger partial charge in [0.15, 0.2) is 7.14 Å². The Labute approximate surface area is 140 Å². The lowest BCUT2D eigenvalue weighted by atomic mass is 9.75. The molecule has 112 valence electrons. The summed E-state index contributed by atoms with van der Waals surface area (Å²) in [4.78, 5) is 0. The summed E-state index contributed by atoms with van der Waals surface area (Å²) in [5.41, 5.74) is 3.45. The Bertz CT molecular complexity index is 598. The Morgan fingerprint density at radius 1 is 0.667 bits per heavy atom. The molecule has 0 aliphatic carbocycles. The van der Waals surface area contributed by atoms with Crippen molar-refractivity contribution in [3.63, 3.8) is 0 Å². The molecule has 0 atom stereocenters. The second kappa shape index (κ2) is 6.12. The predicted molar refractivity (Wildman–Crippen MR) is 87.7 cm³/mol. The molecule has 0 nitrogen and oxygen atoms in total. The third-order valence-corrected chi connectivity index (χ3v) is 6.34. The molecule has 0 aliphatic rings. The van der Waals surface area contributed by atoms with Crippen LogP contribution in [0, 0.1) is 7.14 Å². The van der Waals surface area contributed by atoms with Crippen LogP contribution in [0.15, 0.2) is 48.5 Å². The van der Waals surface area contributed by atoms with E-state index in [0.717, 1.165) is 0 Å². The molecule has 0 heterocycles. The number of rotatable bonds is 2. The zero-order valence-corrected chi connectivity index (χ0v) is 16.2. The van der Waals surface area contributed by atoms with E-state index >= 15 is 0 Å². The third kappa shape index (κ3) is 4.09. The molecule has 0 aromatic heterocycles. The first kappa shape index (κ1) is 16.5. The largest absolute Gasteiger partial charge is 0.358 e. The van der Waals surface area contributed by atoms with Gasteiger partial charge in [0.1, 0.15) is 0 Å². The normalized spacial score (nSPS) is 12.5. The SMILES string of the molecule is CC(C)(C)c1cccc([I+]c2ccccc2)c1C(C)(C)C. The fraction of sp³-hybridized carbons (Fsp3) is 0.400. The number of hydrogen-bond acceptors (Lipinski definition) is 0. The lowest BCUT2D eigenvalue weighted by molar-refractivity contribution is -0.598. The highest BCUT2D eigenvalue weighted by Crippen LogP contribution is 2.33. The summed E-state index contributed by atoms with van der Waals surface area (Å²) >= 11 is -0.124. The second-order valence-corrected chi connectivity index (χ2v) is 10.5. The summed E-state index contributed by atoms with van der Waals surface area (Å²) in [5.74, 6) is 0. The van der Waals surface area contributed by atoms with Crippen LogP contribution >= 0.6 is 0 Å². The van der Waals surface area contributed by atoms with Crippen molar-refractivity contribution in [2.75, 3.05) is 0 Å². The van der Waals surface area contributed by atoms with Gasteiger partial charge in [-0.1, -0.05) is 71.9 Å².